The molecule has 0 amide bonds. The molecule has 82 valence electrons. The Bertz CT molecular complexity index is 192. The van der Waals surface area contributed by atoms with Crippen LogP contribution in [0.25, 0.3) is 0 Å². The fourth-order valence-corrected chi connectivity index (χ4v) is 2.37. The molecule has 2 atom stereocenters. The monoisotopic (exact) mass is 199 g/mol. The molecular formula is C11H21NO2. The van der Waals surface area contributed by atoms with Crippen molar-refractivity contribution in [2.24, 2.45) is 11.3 Å². The van der Waals surface area contributed by atoms with Crippen molar-refractivity contribution >= 4 is 0 Å². The molecule has 3 heteroatoms. The second-order valence-electron chi connectivity index (χ2n) is 5.19. The van der Waals surface area contributed by atoms with Gasteiger partial charge >= 0.3 is 0 Å². The first-order valence-electron chi connectivity index (χ1n) is 5.66. The van der Waals surface area contributed by atoms with Crippen LogP contribution in [0.3, 0.4) is 0 Å². The van der Waals surface area contributed by atoms with E-state index in [-0.39, 0.29) is 6.10 Å². The Balaban J connectivity index is 1.62. The molecule has 1 saturated carbocycles. The Labute approximate surface area is 85.8 Å². The summed E-state index contributed by atoms with van der Waals surface area (Å²) in [6.45, 7) is 6.00. The third kappa shape index (κ3) is 2.27. The molecule has 2 fully saturated rings. The van der Waals surface area contributed by atoms with E-state index < -0.39 is 0 Å². The molecule has 0 aromatic carbocycles. The van der Waals surface area contributed by atoms with Crippen LogP contribution < -0.4 is 5.32 Å². The van der Waals surface area contributed by atoms with Crippen molar-refractivity contribution in [3.63, 3.8) is 0 Å². The largest absolute Gasteiger partial charge is 0.393 e. The molecule has 3 nitrogen and oxygen atoms in total. The van der Waals surface area contributed by atoms with Gasteiger partial charge < -0.3 is 15.2 Å². The number of aliphatic hydroxyl groups is 1. The van der Waals surface area contributed by atoms with Crippen molar-refractivity contribution in [1.82, 2.24) is 5.32 Å². The Hall–Kier alpha value is -0.120. The quantitative estimate of drug-likeness (QED) is 0.703. The fourth-order valence-electron chi connectivity index (χ4n) is 2.37. The summed E-state index contributed by atoms with van der Waals surface area (Å²) in [6, 6.07) is 0. The first kappa shape index (κ1) is 10.4. The van der Waals surface area contributed by atoms with Crippen LogP contribution in [0.2, 0.25) is 0 Å². The smallest absolute Gasteiger partial charge is 0.0580 e. The van der Waals surface area contributed by atoms with Gasteiger partial charge in [-0.15, -0.1) is 0 Å². The van der Waals surface area contributed by atoms with E-state index in [4.69, 9.17) is 4.74 Å². The third-order valence-corrected chi connectivity index (χ3v) is 3.48. The molecule has 1 aliphatic carbocycles. The molecule has 0 radical (unpaired) electrons. The Morgan fingerprint density at radius 3 is 2.71 bits per heavy atom. The second kappa shape index (κ2) is 4.17. The number of aliphatic hydroxyl groups excluding tert-OH is 1. The lowest BCUT2D eigenvalue weighted by molar-refractivity contribution is -0.0994. The van der Waals surface area contributed by atoms with Crippen LogP contribution in [0.5, 0.6) is 0 Å². The molecule has 1 aliphatic heterocycles. The molecule has 1 heterocycles. The zero-order chi connectivity index (χ0) is 10.0. The number of nitrogens with one attached hydrogen (secondary N) is 1. The van der Waals surface area contributed by atoms with Crippen LogP contribution in [0.1, 0.15) is 26.2 Å². The average Bonchev–Trinajstić information content (AvgIpc) is 2.49. The highest BCUT2D eigenvalue weighted by atomic mass is 16.5. The summed E-state index contributed by atoms with van der Waals surface area (Å²) < 4.78 is 5.19. The van der Waals surface area contributed by atoms with Gasteiger partial charge in [0.1, 0.15) is 0 Å². The minimum absolute atomic E-state index is 0.0621. The first-order valence-corrected chi connectivity index (χ1v) is 5.66. The Morgan fingerprint density at radius 2 is 2.21 bits per heavy atom. The molecule has 2 N–H and O–H groups in total. The topological polar surface area (TPSA) is 41.5 Å². The SMILES string of the molecule is CC1(CNCC2CCCC2O)COC1. The van der Waals surface area contributed by atoms with Gasteiger partial charge in [-0.25, -0.2) is 0 Å². The van der Waals surface area contributed by atoms with E-state index in [1.54, 1.807) is 0 Å². The molecule has 2 aliphatic rings. The lowest BCUT2D eigenvalue weighted by atomic mass is 9.88. The Kier molecular flexibility index (Phi) is 3.10. The molecule has 14 heavy (non-hydrogen) atoms. The molecule has 0 aromatic heterocycles. The zero-order valence-corrected chi connectivity index (χ0v) is 8.96. The average molecular weight is 199 g/mol. The molecule has 0 spiro atoms. The first-order chi connectivity index (χ1) is 6.70. The van der Waals surface area contributed by atoms with E-state index in [1.165, 1.54) is 12.8 Å². The maximum absolute atomic E-state index is 9.62. The molecule has 1 saturated heterocycles. The number of ether oxygens (including phenoxy) is 1. The van der Waals surface area contributed by atoms with E-state index in [0.29, 0.717) is 11.3 Å². The van der Waals surface area contributed by atoms with Crippen LogP contribution in [0, 0.1) is 11.3 Å². The predicted octanol–water partition coefficient (Wildman–Crippen LogP) is 0.773. The lowest BCUT2D eigenvalue weighted by Gasteiger charge is -2.38. The van der Waals surface area contributed by atoms with E-state index in [1.807, 2.05) is 0 Å². The van der Waals surface area contributed by atoms with Crippen molar-refractivity contribution < 1.29 is 9.84 Å². The van der Waals surface area contributed by atoms with Crippen LogP contribution in [-0.2, 0) is 4.74 Å². The van der Waals surface area contributed by atoms with Crippen molar-refractivity contribution in [2.75, 3.05) is 26.3 Å². The van der Waals surface area contributed by atoms with Crippen molar-refractivity contribution in [3.8, 4) is 0 Å². The molecule has 2 unspecified atom stereocenters. The van der Waals surface area contributed by atoms with E-state index in [2.05, 4.69) is 12.2 Å². The minimum atomic E-state index is -0.0621. The number of hydrogen-bond donors (Lipinski definition) is 2. The van der Waals surface area contributed by atoms with Gasteiger partial charge in [0, 0.05) is 18.5 Å². The van der Waals surface area contributed by atoms with E-state index >= 15 is 0 Å². The van der Waals surface area contributed by atoms with Gasteiger partial charge in [-0.2, -0.15) is 0 Å². The molecule has 2 rings (SSSR count). The van der Waals surface area contributed by atoms with Crippen molar-refractivity contribution in [1.29, 1.82) is 0 Å². The van der Waals surface area contributed by atoms with E-state index in [0.717, 1.165) is 32.7 Å². The maximum atomic E-state index is 9.62. The van der Waals surface area contributed by atoms with Crippen molar-refractivity contribution in [2.45, 2.75) is 32.3 Å². The van der Waals surface area contributed by atoms with Crippen LogP contribution in [-0.4, -0.2) is 37.5 Å². The van der Waals surface area contributed by atoms with Crippen LogP contribution in [0.15, 0.2) is 0 Å². The summed E-state index contributed by atoms with van der Waals surface area (Å²) in [5.74, 6) is 0.486. The highest BCUT2D eigenvalue weighted by molar-refractivity contribution is 4.84. The van der Waals surface area contributed by atoms with Gasteiger partial charge in [0.15, 0.2) is 0 Å². The lowest BCUT2D eigenvalue weighted by Crippen LogP contribution is -2.48. The summed E-state index contributed by atoms with van der Waals surface area (Å²) >= 11 is 0. The second-order valence-corrected chi connectivity index (χ2v) is 5.19. The maximum Gasteiger partial charge on any atom is 0.0580 e. The zero-order valence-electron chi connectivity index (χ0n) is 8.96. The van der Waals surface area contributed by atoms with Gasteiger partial charge in [-0.05, 0) is 18.8 Å². The summed E-state index contributed by atoms with van der Waals surface area (Å²) in [7, 11) is 0. The fraction of sp³-hybridized carbons (Fsp3) is 1.00. The highest BCUT2D eigenvalue weighted by Gasteiger charge is 2.33. The molecule has 0 aromatic rings. The number of rotatable bonds is 4. The minimum Gasteiger partial charge on any atom is -0.393 e. The normalized spacial score (nSPS) is 35.6. The van der Waals surface area contributed by atoms with Gasteiger partial charge in [-0.3, -0.25) is 0 Å². The van der Waals surface area contributed by atoms with Crippen LogP contribution >= 0.6 is 0 Å². The predicted molar refractivity (Wildman–Crippen MR) is 55.1 cm³/mol. The summed E-state index contributed by atoms with van der Waals surface area (Å²) in [6.07, 6.45) is 3.30. The van der Waals surface area contributed by atoms with Gasteiger partial charge in [-0.1, -0.05) is 13.3 Å². The van der Waals surface area contributed by atoms with Gasteiger partial charge in [0.25, 0.3) is 0 Å². The highest BCUT2D eigenvalue weighted by Crippen LogP contribution is 2.27. The Morgan fingerprint density at radius 1 is 1.43 bits per heavy atom. The van der Waals surface area contributed by atoms with Gasteiger partial charge in [0.2, 0.25) is 0 Å². The summed E-state index contributed by atoms with van der Waals surface area (Å²) in [5.41, 5.74) is 0.351. The molecular weight excluding hydrogens is 178 g/mol. The summed E-state index contributed by atoms with van der Waals surface area (Å²) in [4.78, 5) is 0. The van der Waals surface area contributed by atoms with Crippen molar-refractivity contribution in [3.05, 3.63) is 0 Å². The molecule has 0 bridgehead atoms. The van der Waals surface area contributed by atoms with Gasteiger partial charge in [0.05, 0.1) is 19.3 Å². The van der Waals surface area contributed by atoms with Crippen LogP contribution in [0.4, 0.5) is 0 Å². The number of hydrogen-bond acceptors (Lipinski definition) is 3. The standard InChI is InChI=1S/C11H21NO2/c1-11(7-14-8-11)6-12-5-9-3-2-4-10(9)13/h9-10,12-13H,2-8H2,1H3. The van der Waals surface area contributed by atoms with E-state index in [9.17, 15) is 5.11 Å². The third-order valence-electron chi connectivity index (χ3n) is 3.48. The summed E-state index contributed by atoms with van der Waals surface area (Å²) in [5, 5.41) is 13.1.